The van der Waals surface area contributed by atoms with Crippen molar-refractivity contribution in [2.75, 3.05) is 6.61 Å². The van der Waals surface area contributed by atoms with Crippen LogP contribution in [0.1, 0.15) is 37.4 Å². The zero-order valence-electron chi connectivity index (χ0n) is 7.89. The molecule has 6 heteroatoms. The van der Waals surface area contributed by atoms with E-state index in [0.29, 0.717) is 6.61 Å². The molecule has 1 rings (SSSR count). The zero-order valence-corrected chi connectivity index (χ0v) is 7.89. The Morgan fingerprint density at radius 3 is 2.85 bits per heavy atom. The van der Waals surface area contributed by atoms with Crippen molar-refractivity contribution >= 4 is 5.97 Å². The number of carbonyl (C=O) groups excluding carboxylic acids is 1. The second-order valence-corrected chi connectivity index (χ2v) is 2.76. The predicted octanol–water partition coefficient (Wildman–Crippen LogP) is 0.431. The van der Waals surface area contributed by atoms with Crippen molar-refractivity contribution < 1.29 is 9.53 Å². The third kappa shape index (κ3) is 2.01. The summed E-state index contributed by atoms with van der Waals surface area (Å²) < 4.78 is 6.20. The highest BCUT2D eigenvalue weighted by atomic mass is 16.5. The van der Waals surface area contributed by atoms with Gasteiger partial charge in [0.1, 0.15) is 0 Å². The normalized spacial score (nSPS) is 10.5. The largest absolute Gasteiger partial charge is 0.460 e. The molecule has 0 aliphatic heterocycles. The molecule has 0 saturated heterocycles. The lowest BCUT2D eigenvalue weighted by molar-refractivity contribution is 0.0502. The summed E-state index contributed by atoms with van der Waals surface area (Å²) in [6, 6.07) is 0.0504. The number of ether oxygens (including phenoxy) is 1. The zero-order chi connectivity index (χ0) is 9.84. The van der Waals surface area contributed by atoms with Gasteiger partial charge in [-0.3, -0.25) is 0 Å². The predicted molar refractivity (Wildman–Crippen MR) is 44.2 cm³/mol. The molecule has 0 radical (unpaired) electrons. The Hall–Kier alpha value is -1.46. The molecule has 0 saturated carbocycles. The van der Waals surface area contributed by atoms with Crippen LogP contribution in [0.2, 0.25) is 0 Å². The molecule has 0 unspecified atom stereocenters. The van der Waals surface area contributed by atoms with Crippen LogP contribution in [0, 0.1) is 0 Å². The number of rotatable bonds is 3. The number of hydrogen-bond donors (Lipinski definition) is 0. The maximum Gasteiger partial charge on any atom is 0.378 e. The Morgan fingerprint density at radius 2 is 2.31 bits per heavy atom. The number of carbonyl (C=O) groups is 1. The third-order valence-electron chi connectivity index (χ3n) is 1.44. The lowest BCUT2D eigenvalue weighted by atomic mass is 10.4. The number of tetrazole rings is 1. The molecule has 1 heterocycles. The van der Waals surface area contributed by atoms with E-state index in [-0.39, 0.29) is 11.9 Å². The Labute approximate surface area is 75.9 Å². The van der Waals surface area contributed by atoms with Gasteiger partial charge in [0.25, 0.3) is 5.82 Å². The van der Waals surface area contributed by atoms with E-state index in [2.05, 4.69) is 15.5 Å². The van der Waals surface area contributed by atoms with Crippen LogP contribution in [-0.2, 0) is 4.74 Å². The van der Waals surface area contributed by atoms with Crippen molar-refractivity contribution in [1.82, 2.24) is 20.2 Å². The summed E-state index contributed by atoms with van der Waals surface area (Å²) in [5.74, 6) is -0.335. The highest BCUT2D eigenvalue weighted by molar-refractivity contribution is 5.85. The molecule has 6 nitrogen and oxygen atoms in total. The van der Waals surface area contributed by atoms with Gasteiger partial charge >= 0.3 is 5.97 Å². The van der Waals surface area contributed by atoms with Gasteiger partial charge < -0.3 is 4.74 Å². The number of esters is 1. The van der Waals surface area contributed by atoms with Crippen molar-refractivity contribution in [2.24, 2.45) is 0 Å². The minimum atomic E-state index is -0.485. The second kappa shape index (κ2) is 3.97. The molecule has 13 heavy (non-hydrogen) atoms. The topological polar surface area (TPSA) is 69.9 Å². The minimum Gasteiger partial charge on any atom is -0.460 e. The Bertz CT molecular complexity index is 294. The van der Waals surface area contributed by atoms with Crippen molar-refractivity contribution in [3.05, 3.63) is 5.82 Å². The van der Waals surface area contributed by atoms with Gasteiger partial charge in [0.2, 0.25) is 0 Å². The van der Waals surface area contributed by atoms with Crippen LogP contribution >= 0.6 is 0 Å². The molecule has 0 spiro atoms. The first-order valence-electron chi connectivity index (χ1n) is 4.11. The van der Waals surface area contributed by atoms with E-state index < -0.39 is 5.97 Å². The highest BCUT2D eigenvalue weighted by Gasteiger charge is 2.17. The molecule has 0 atom stereocenters. The summed E-state index contributed by atoms with van der Waals surface area (Å²) in [6.45, 7) is 5.84. The first-order chi connectivity index (χ1) is 6.16. The van der Waals surface area contributed by atoms with Gasteiger partial charge in [-0.25, -0.2) is 9.48 Å². The summed E-state index contributed by atoms with van der Waals surface area (Å²) in [5.41, 5.74) is 0. The van der Waals surface area contributed by atoms with E-state index in [1.54, 1.807) is 6.92 Å². The molecule has 0 amide bonds. The second-order valence-electron chi connectivity index (χ2n) is 2.76. The lowest BCUT2D eigenvalue weighted by Gasteiger charge is -2.05. The molecule has 0 N–H and O–H groups in total. The highest BCUT2D eigenvalue weighted by Crippen LogP contribution is 2.04. The Balaban J connectivity index is 2.87. The van der Waals surface area contributed by atoms with Crippen LogP contribution in [-0.4, -0.2) is 32.8 Å². The van der Waals surface area contributed by atoms with Gasteiger partial charge in [0.15, 0.2) is 0 Å². The Morgan fingerprint density at radius 1 is 1.62 bits per heavy atom. The van der Waals surface area contributed by atoms with E-state index in [1.807, 2.05) is 13.8 Å². The summed E-state index contributed by atoms with van der Waals surface area (Å²) >= 11 is 0. The summed E-state index contributed by atoms with van der Waals surface area (Å²) in [7, 11) is 0. The van der Waals surface area contributed by atoms with E-state index in [1.165, 1.54) is 4.68 Å². The SMILES string of the molecule is CCOC(=O)c1nnnn1C(C)C. The molecular formula is C7H12N4O2. The maximum absolute atomic E-state index is 11.2. The average molecular weight is 184 g/mol. The van der Waals surface area contributed by atoms with E-state index in [9.17, 15) is 4.79 Å². The molecule has 0 fully saturated rings. The van der Waals surface area contributed by atoms with Gasteiger partial charge in [0.05, 0.1) is 12.6 Å². The van der Waals surface area contributed by atoms with Crippen LogP contribution in [0.3, 0.4) is 0 Å². The molecule has 0 bridgehead atoms. The standard InChI is InChI=1S/C7H12N4O2/c1-4-13-7(12)6-8-9-10-11(6)5(2)3/h5H,4H2,1-3H3. The van der Waals surface area contributed by atoms with E-state index >= 15 is 0 Å². The van der Waals surface area contributed by atoms with Crippen molar-refractivity contribution in [3.8, 4) is 0 Å². The minimum absolute atomic E-state index is 0.0504. The number of hydrogen-bond acceptors (Lipinski definition) is 5. The van der Waals surface area contributed by atoms with Crippen molar-refractivity contribution in [3.63, 3.8) is 0 Å². The molecular weight excluding hydrogens is 172 g/mol. The average Bonchev–Trinajstić information content (AvgIpc) is 2.52. The van der Waals surface area contributed by atoms with Gasteiger partial charge in [-0.05, 0) is 31.2 Å². The summed E-state index contributed by atoms with van der Waals surface area (Å²) in [4.78, 5) is 11.2. The third-order valence-corrected chi connectivity index (χ3v) is 1.44. The molecule has 0 aromatic carbocycles. The fraction of sp³-hybridized carbons (Fsp3) is 0.714. The first-order valence-corrected chi connectivity index (χ1v) is 4.11. The summed E-state index contributed by atoms with van der Waals surface area (Å²) in [6.07, 6.45) is 0. The number of aromatic nitrogens is 4. The van der Waals surface area contributed by atoms with E-state index in [4.69, 9.17) is 4.74 Å². The Kier molecular flexibility index (Phi) is 2.94. The molecule has 72 valence electrons. The lowest BCUT2D eigenvalue weighted by Crippen LogP contribution is -2.15. The van der Waals surface area contributed by atoms with Gasteiger partial charge in [0, 0.05) is 0 Å². The van der Waals surface area contributed by atoms with Crippen LogP contribution < -0.4 is 0 Å². The van der Waals surface area contributed by atoms with Crippen LogP contribution in [0.4, 0.5) is 0 Å². The van der Waals surface area contributed by atoms with Gasteiger partial charge in [-0.15, -0.1) is 5.10 Å². The van der Waals surface area contributed by atoms with Crippen LogP contribution in [0.25, 0.3) is 0 Å². The molecule has 0 aliphatic rings. The van der Waals surface area contributed by atoms with E-state index in [0.717, 1.165) is 0 Å². The number of nitrogens with zero attached hydrogens (tertiary/aromatic N) is 4. The van der Waals surface area contributed by atoms with Gasteiger partial charge in [-0.1, -0.05) is 0 Å². The van der Waals surface area contributed by atoms with Gasteiger partial charge in [-0.2, -0.15) is 0 Å². The monoisotopic (exact) mass is 184 g/mol. The molecule has 1 aromatic rings. The fourth-order valence-corrected chi connectivity index (χ4v) is 0.871. The maximum atomic E-state index is 11.2. The van der Waals surface area contributed by atoms with Crippen LogP contribution in [0.5, 0.6) is 0 Å². The smallest absolute Gasteiger partial charge is 0.378 e. The first kappa shape index (κ1) is 9.63. The fourth-order valence-electron chi connectivity index (χ4n) is 0.871. The quantitative estimate of drug-likeness (QED) is 0.637. The van der Waals surface area contributed by atoms with Crippen LogP contribution in [0.15, 0.2) is 0 Å². The van der Waals surface area contributed by atoms with Crippen molar-refractivity contribution in [1.29, 1.82) is 0 Å². The molecule has 1 aromatic heterocycles. The molecule has 0 aliphatic carbocycles. The summed E-state index contributed by atoms with van der Waals surface area (Å²) in [5, 5.41) is 10.7. The van der Waals surface area contributed by atoms with Crippen molar-refractivity contribution in [2.45, 2.75) is 26.8 Å².